The summed E-state index contributed by atoms with van der Waals surface area (Å²) in [6.45, 7) is 1.54. The van der Waals surface area contributed by atoms with E-state index in [-0.39, 0.29) is 18.1 Å². The Bertz CT molecular complexity index is 755. The van der Waals surface area contributed by atoms with Crippen LogP contribution in [0.5, 0.6) is 0 Å². The zero-order valence-corrected chi connectivity index (χ0v) is 13.9. The van der Waals surface area contributed by atoms with Crippen molar-refractivity contribution in [1.82, 2.24) is 5.32 Å². The molecule has 3 rings (SSSR count). The van der Waals surface area contributed by atoms with Crippen molar-refractivity contribution in [2.45, 2.75) is 25.2 Å². The van der Waals surface area contributed by atoms with Gasteiger partial charge in [0.2, 0.25) is 0 Å². The summed E-state index contributed by atoms with van der Waals surface area (Å²) in [5.74, 6) is -0.221. The molecule has 128 valence electrons. The SMILES string of the molecule is N#Cc1cccc(C(=O)N[C@@H]2COCC[C@@H]2OCc2ccccc2)c1. The van der Waals surface area contributed by atoms with E-state index in [1.807, 2.05) is 36.4 Å². The molecule has 1 aliphatic rings. The summed E-state index contributed by atoms with van der Waals surface area (Å²) in [5.41, 5.74) is 2.02. The van der Waals surface area contributed by atoms with Gasteiger partial charge in [-0.1, -0.05) is 36.4 Å². The highest BCUT2D eigenvalue weighted by atomic mass is 16.5. The third kappa shape index (κ3) is 4.66. The Labute approximate surface area is 147 Å². The van der Waals surface area contributed by atoms with Gasteiger partial charge in [0.25, 0.3) is 5.91 Å². The van der Waals surface area contributed by atoms with Crippen LogP contribution >= 0.6 is 0 Å². The Morgan fingerprint density at radius 1 is 1.24 bits per heavy atom. The van der Waals surface area contributed by atoms with Crippen LogP contribution in [-0.2, 0) is 16.1 Å². The summed E-state index contributed by atoms with van der Waals surface area (Å²) >= 11 is 0. The zero-order chi connectivity index (χ0) is 17.5. The molecule has 5 heteroatoms. The van der Waals surface area contributed by atoms with Crippen molar-refractivity contribution < 1.29 is 14.3 Å². The van der Waals surface area contributed by atoms with Crippen molar-refractivity contribution in [3.05, 3.63) is 71.3 Å². The quantitative estimate of drug-likeness (QED) is 0.911. The Kier molecular flexibility index (Phi) is 5.78. The number of nitrogens with one attached hydrogen (secondary N) is 1. The number of hydrogen-bond acceptors (Lipinski definition) is 4. The maximum absolute atomic E-state index is 12.5. The summed E-state index contributed by atoms with van der Waals surface area (Å²) in [4.78, 5) is 12.5. The molecule has 2 atom stereocenters. The third-order valence-electron chi connectivity index (χ3n) is 4.17. The number of amides is 1. The molecule has 0 spiro atoms. The van der Waals surface area contributed by atoms with Gasteiger partial charge in [0.15, 0.2) is 0 Å². The minimum Gasteiger partial charge on any atom is -0.379 e. The summed E-state index contributed by atoms with van der Waals surface area (Å²) in [7, 11) is 0. The van der Waals surface area contributed by atoms with Gasteiger partial charge in [-0.3, -0.25) is 4.79 Å². The lowest BCUT2D eigenvalue weighted by Crippen LogP contribution is -2.50. The van der Waals surface area contributed by atoms with Gasteiger partial charge >= 0.3 is 0 Å². The number of benzene rings is 2. The minimum atomic E-state index is -0.221. The summed E-state index contributed by atoms with van der Waals surface area (Å²) in [5, 5.41) is 11.9. The van der Waals surface area contributed by atoms with Crippen LogP contribution < -0.4 is 5.32 Å². The molecule has 1 aliphatic heterocycles. The number of ether oxygens (including phenoxy) is 2. The van der Waals surface area contributed by atoms with Gasteiger partial charge in [-0.15, -0.1) is 0 Å². The van der Waals surface area contributed by atoms with E-state index in [0.717, 1.165) is 12.0 Å². The van der Waals surface area contributed by atoms with Gasteiger partial charge in [-0.25, -0.2) is 0 Å². The van der Waals surface area contributed by atoms with E-state index < -0.39 is 0 Å². The molecule has 2 aromatic rings. The molecule has 25 heavy (non-hydrogen) atoms. The zero-order valence-electron chi connectivity index (χ0n) is 13.9. The van der Waals surface area contributed by atoms with Crippen molar-refractivity contribution in [2.75, 3.05) is 13.2 Å². The number of carbonyl (C=O) groups is 1. The van der Waals surface area contributed by atoms with Gasteiger partial charge in [-0.05, 0) is 30.2 Å². The van der Waals surface area contributed by atoms with E-state index in [0.29, 0.717) is 30.9 Å². The molecule has 5 nitrogen and oxygen atoms in total. The minimum absolute atomic E-state index is 0.0999. The molecule has 1 fully saturated rings. The van der Waals surface area contributed by atoms with Crippen LogP contribution in [0.4, 0.5) is 0 Å². The van der Waals surface area contributed by atoms with E-state index in [1.54, 1.807) is 24.3 Å². The van der Waals surface area contributed by atoms with Crippen LogP contribution in [0, 0.1) is 11.3 Å². The molecule has 0 unspecified atom stereocenters. The van der Waals surface area contributed by atoms with Crippen LogP contribution in [0.3, 0.4) is 0 Å². The lowest BCUT2D eigenvalue weighted by Gasteiger charge is -2.32. The second-order valence-electron chi connectivity index (χ2n) is 5.97. The highest BCUT2D eigenvalue weighted by molar-refractivity contribution is 5.94. The van der Waals surface area contributed by atoms with Gasteiger partial charge in [0, 0.05) is 12.2 Å². The Morgan fingerprint density at radius 3 is 2.88 bits per heavy atom. The van der Waals surface area contributed by atoms with Crippen LogP contribution in [-0.4, -0.2) is 31.3 Å². The summed E-state index contributed by atoms with van der Waals surface area (Å²) in [6, 6.07) is 18.4. The first kappa shape index (κ1) is 17.2. The average molecular weight is 336 g/mol. The van der Waals surface area contributed by atoms with E-state index >= 15 is 0 Å². The number of carbonyl (C=O) groups excluding carboxylic acids is 1. The lowest BCUT2D eigenvalue weighted by atomic mass is 10.0. The highest BCUT2D eigenvalue weighted by Crippen LogP contribution is 2.15. The Hall–Kier alpha value is -2.68. The normalized spacial score (nSPS) is 19.8. The topological polar surface area (TPSA) is 71.4 Å². The van der Waals surface area contributed by atoms with Gasteiger partial charge in [0.05, 0.1) is 37.0 Å². The van der Waals surface area contributed by atoms with E-state index in [9.17, 15) is 4.79 Å². The molecule has 0 saturated carbocycles. The van der Waals surface area contributed by atoms with E-state index in [2.05, 4.69) is 5.32 Å². The maximum Gasteiger partial charge on any atom is 0.251 e. The number of nitriles is 1. The van der Waals surface area contributed by atoms with Gasteiger partial charge < -0.3 is 14.8 Å². The van der Waals surface area contributed by atoms with Crippen LogP contribution in [0.15, 0.2) is 54.6 Å². The van der Waals surface area contributed by atoms with E-state index in [1.165, 1.54) is 0 Å². The first-order valence-corrected chi connectivity index (χ1v) is 8.30. The largest absolute Gasteiger partial charge is 0.379 e. The third-order valence-corrected chi connectivity index (χ3v) is 4.17. The van der Waals surface area contributed by atoms with Crippen molar-refractivity contribution in [3.8, 4) is 6.07 Å². The molecule has 0 aliphatic carbocycles. The second-order valence-corrected chi connectivity index (χ2v) is 5.97. The molecule has 0 aromatic heterocycles. The average Bonchev–Trinajstić information content (AvgIpc) is 2.68. The first-order chi connectivity index (χ1) is 12.3. The standard InChI is InChI=1S/C20H20N2O3/c21-12-16-7-4-8-17(11-16)20(23)22-18-14-24-10-9-19(18)25-13-15-5-2-1-3-6-15/h1-8,11,18-19H,9-10,13-14H2,(H,22,23)/t18-,19+/m1/s1. The van der Waals surface area contributed by atoms with Crippen molar-refractivity contribution >= 4 is 5.91 Å². The van der Waals surface area contributed by atoms with Crippen LogP contribution in [0.1, 0.15) is 27.9 Å². The predicted octanol–water partition coefficient (Wildman–Crippen LogP) is 2.66. The lowest BCUT2D eigenvalue weighted by molar-refractivity contribution is -0.0605. The van der Waals surface area contributed by atoms with Crippen molar-refractivity contribution in [1.29, 1.82) is 5.26 Å². The van der Waals surface area contributed by atoms with Crippen LogP contribution in [0.2, 0.25) is 0 Å². The second kappa shape index (κ2) is 8.43. The fourth-order valence-electron chi connectivity index (χ4n) is 2.81. The molecule has 1 amide bonds. The number of rotatable bonds is 5. The maximum atomic E-state index is 12.5. The Balaban J connectivity index is 1.62. The molecule has 2 aromatic carbocycles. The molecule has 0 bridgehead atoms. The molecule has 1 N–H and O–H groups in total. The summed E-state index contributed by atoms with van der Waals surface area (Å²) < 4.78 is 11.5. The Morgan fingerprint density at radius 2 is 2.08 bits per heavy atom. The van der Waals surface area contributed by atoms with E-state index in [4.69, 9.17) is 14.7 Å². The van der Waals surface area contributed by atoms with Crippen molar-refractivity contribution in [2.24, 2.45) is 0 Å². The fourth-order valence-corrected chi connectivity index (χ4v) is 2.81. The van der Waals surface area contributed by atoms with Crippen molar-refractivity contribution in [3.63, 3.8) is 0 Å². The molecular formula is C20H20N2O3. The number of nitrogens with zero attached hydrogens (tertiary/aromatic N) is 1. The van der Waals surface area contributed by atoms with Crippen LogP contribution in [0.25, 0.3) is 0 Å². The van der Waals surface area contributed by atoms with Gasteiger partial charge in [0.1, 0.15) is 0 Å². The molecular weight excluding hydrogens is 316 g/mol. The molecule has 0 radical (unpaired) electrons. The smallest absolute Gasteiger partial charge is 0.251 e. The molecule has 1 heterocycles. The highest BCUT2D eigenvalue weighted by Gasteiger charge is 2.28. The number of hydrogen-bond donors (Lipinski definition) is 1. The van der Waals surface area contributed by atoms with Gasteiger partial charge in [-0.2, -0.15) is 5.26 Å². The monoisotopic (exact) mass is 336 g/mol. The predicted molar refractivity (Wildman–Crippen MR) is 92.9 cm³/mol. The summed E-state index contributed by atoms with van der Waals surface area (Å²) in [6.07, 6.45) is 0.632. The fraction of sp³-hybridized carbons (Fsp3) is 0.300. The first-order valence-electron chi connectivity index (χ1n) is 8.30. The molecule has 1 saturated heterocycles.